The maximum atomic E-state index is 11.4. The maximum Gasteiger partial charge on any atom is 0.246 e. The number of methoxy groups -OCH3 is 1. The molecule has 0 aromatic heterocycles. The van der Waals surface area contributed by atoms with Crippen molar-refractivity contribution in [1.29, 1.82) is 0 Å². The van der Waals surface area contributed by atoms with E-state index in [1.165, 1.54) is 12.7 Å². The van der Waals surface area contributed by atoms with E-state index in [-0.39, 0.29) is 24.2 Å². The number of amides is 1. The number of carbonyl (C=O) groups is 1. The van der Waals surface area contributed by atoms with Gasteiger partial charge in [0.15, 0.2) is 0 Å². The summed E-state index contributed by atoms with van der Waals surface area (Å²) in [5.74, 6) is -0.0660. The van der Waals surface area contributed by atoms with Crippen molar-refractivity contribution in [2.24, 2.45) is 0 Å². The third kappa shape index (κ3) is 4.80. The van der Waals surface area contributed by atoms with Crippen molar-refractivity contribution in [3.05, 3.63) is 11.6 Å². The fraction of sp³-hybridized carbons (Fsp3) is 0.824. The largest absolute Gasteiger partial charge is 0.375 e. The summed E-state index contributed by atoms with van der Waals surface area (Å²) in [7, 11) is 1.53. The van der Waals surface area contributed by atoms with E-state index in [9.17, 15) is 4.79 Å². The van der Waals surface area contributed by atoms with Gasteiger partial charge in [-0.05, 0) is 39.5 Å². The molecular weight excluding hydrogens is 280 g/mol. The average molecular weight is 310 g/mol. The number of carbonyl (C=O) groups excluding carboxylic acids is 1. The molecule has 22 heavy (non-hydrogen) atoms. The first-order valence-electron chi connectivity index (χ1n) is 8.34. The van der Waals surface area contributed by atoms with Crippen LogP contribution in [0.1, 0.15) is 39.5 Å². The van der Waals surface area contributed by atoms with Crippen LogP contribution in [0.25, 0.3) is 0 Å². The smallest absolute Gasteiger partial charge is 0.246 e. The lowest BCUT2D eigenvalue weighted by atomic mass is 9.88. The van der Waals surface area contributed by atoms with E-state index in [4.69, 9.17) is 9.47 Å². The van der Waals surface area contributed by atoms with Crippen LogP contribution in [0.2, 0.25) is 0 Å². The van der Waals surface area contributed by atoms with Crippen LogP contribution >= 0.6 is 0 Å². The standard InChI is InChI=1S/C17H30N2O3/c1-4-14(2)12-19-9-7-17(8-10-19)6-5-15(22-17)11-18-16(20)13-21-3/h4,15H,5-13H2,1-3H3,(H,18,20)/b14-4+/t15-/m1/s1. The monoisotopic (exact) mass is 310 g/mol. The van der Waals surface area contributed by atoms with E-state index in [2.05, 4.69) is 30.1 Å². The molecule has 5 nitrogen and oxygen atoms in total. The van der Waals surface area contributed by atoms with Crippen molar-refractivity contribution < 1.29 is 14.3 Å². The molecule has 1 spiro atoms. The summed E-state index contributed by atoms with van der Waals surface area (Å²) in [6.45, 7) is 8.30. The molecule has 2 aliphatic rings. The zero-order valence-corrected chi connectivity index (χ0v) is 14.2. The first-order chi connectivity index (χ1) is 10.6. The van der Waals surface area contributed by atoms with Gasteiger partial charge in [0.2, 0.25) is 5.91 Å². The highest BCUT2D eigenvalue weighted by Gasteiger charge is 2.42. The normalized spacial score (nSPS) is 25.6. The molecule has 0 saturated carbocycles. The minimum Gasteiger partial charge on any atom is -0.375 e. The van der Waals surface area contributed by atoms with Crippen LogP contribution in [0, 0.1) is 0 Å². The van der Waals surface area contributed by atoms with Gasteiger partial charge in [0.05, 0.1) is 11.7 Å². The number of rotatable bonds is 6. The Morgan fingerprint density at radius 1 is 1.41 bits per heavy atom. The van der Waals surface area contributed by atoms with E-state index < -0.39 is 0 Å². The highest BCUT2D eigenvalue weighted by molar-refractivity contribution is 5.77. The van der Waals surface area contributed by atoms with Gasteiger partial charge in [0, 0.05) is 33.3 Å². The number of hydrogen-bond acceptors (Lipinski definition) is 4. The quantitative estimate of drug-likeness (QED) is 0.759. The second kappa shape index (κ2) is 8.09. The molecule has 0 radical (unpaired) electrons. The third-order valence-electron chi connectivity index (χ3n) is 4.87. The van der Waals surface area contributed by atoms with Gasteiger partial charge >= 0.3 is 0 Å². The van der Waals surface area contributed by atoms with E-state index >= 15 is 0 Å². The van der Waals surface area contributed by atoms with Gasteiger partial charge in [-0.2, -0.15) is 0 Å². The number of allylic oxidation sites excluding steroid dienone is 1. The minimum absolute atomic E-state index is 0.0526. The zero-order chi connectivity index (χ0) is 16.0. The summed E-state index contributed by atoms with van der Waals surface area (Å²) in [5.41, 5.74) is 1.48. The molecule has 2 fully saturated rings. The highest BCUT2D eigenvalue weighted by atomic mass is 16.5. The summed E-state index contributed by atoms with van der Waals surface area (Å²) in [4.78, 5) is 13.9. The van der Waals surface area contributed by atoms with Crippen LogP contribution in [0.4, 0.5) is 0 Å². The predicted octanol–water partition coefficient (Wildman–Crippen LogP) is 1.73. The zero-order valence-electron chi connectivity index (χ0n) is 14.2. The first-order valence-corrected chi connectivity index (χ1v) is 8.34. The lowest BCUT2D eigenvalue weighted by molar-refractivity contribution is -0.126. The van der Waals surface area contributed by atoms with Crippen LogP contribution in [-0.2, 0) is 14.3 Å². The van der Waals surface area contributed by atoms with Crippen LogP contribution in [0.3, 0.4) is 0 Å². The van der Waals surface area contributed by atoms with Crippen LogP contribution in [-0.4, -0.2) is 62.4 Å². The fourth-order valence-corrected chi connectivity index (χ4v) is 3.38. The third-order valence-corrected chi connectivity index (χ3v) is 4.87. The summed E-state index contributed by atoms with van der Waals surface area (Å²) < 4.78 is 11.1. The average Bonchev–Trinajstić information content (AvgIpc) is 2.91. The number of nitrogens with zero attached hydrogens (tertiary/aromatic N) is 1. The molecule has 2 heterocycles. The summed E-state index contributed by atoms with van der Waals surface area (Å²) in [5, 5.41) is 2.88. The molecule has 126 valence electrons. The molecule has 0 aromatic carbocycles. The molecule has 1 N–H and O–H groups in total. The number of piperidine rings is 1. The fourth-order valence-electron chi connectivity index (χ4n) is 3.38. The van der Waals surface area contributed by atoms with E-state index in [0.717, 1.165) is 45.3 Å². The molecule has 2 aliphatic heterocycles. The molecular formula is C17H30N2O3. The molecule has 0 unspecified atom stereocenters. The van der Waals surface area contributed by atoms with E-state index in [0.29, 0.717) is 6.54 Å². The Morgan fingerprint density at radius 3 is 2.77 bits per heavy atom. The Labute approximate surface area is 134 Å². The van der Waals surface area contributed by atoms with Crippen molar-refractivity contribution in [1.82, 2.24) is 10.2 Å². The molecule has 5 heteroatoms. The Bertz CT molecular complexity index is 401. The minimum atomic E-state index is -0.0660. The number of ether oxygens (including phenoxy) is 2. The Morgan fingerprint density at radius 2 is 2.14 bits per heavy atom. The Kier molecular flexibility index (Phi) is 6.41. The molecule has 1 amide bonds. The number of hydrogen-bond donors (Lipinski definition) is 1. The van der Waals surface area contributed by atoms with Crippen LogP contribution in [0.15, 0.2) is 11.6 Å². The van der Waals surface area contributed by atoms with Gasteiger partial charge in [-0.1, -0.05) is 11.6 Å². The highest BCUT2D eigenvalue weighted by Crippen LogP contribution is 2.38. The van der Waals surface area contributed by atoms with E-state index in [1.807, 2.05) is 0 Å². The molecule has 0 aromatic rings. The summed E-state index contributed by atoms with van der Waals surface area (Å²) in [6.07, 6.45) is 6.72. The van der Waals surface area contributed by atoms with Crippen molar-refractivity contribution >= 4 is 5.91 Å². The molecule has 1 atom stereocenters. The Hall–Kier alpha value is -0.910. The molecule has 0 bridgehead atoms. The predicted molar refractivity (Wildman–Crippen MR) is 86.8 cm³/mol. The van der Waals surface area contributed by atoms with Crippen LogP contribution in [0.5, 0.6) is 0 Å². The second-order valence-corrected chi connectivity index (χ2v) is 6.61. The Balaban J connectivity index is 1.73. The van der Waals surface area contributed by atoms with Crippen molar-refractivity contribution in [3.63, 3.8) is 0 Å². The molecule has 2 saturated heterocycles. The van der Waals surface area contributed by atoms with Crippen molar-refractivity contribution in [2.75, 3.05) is 39.9 Å². The lowest BCUT2D eigenvalue weighted by Crippen LogP contribution is -2.45. The SMILES string of the molecule is C/C=C(\C)CN1CCC2(CC[C@H](CNC(=O)COC)O2)CC1. The molecule has 2 rings (SSSR count). The number of likely N-dealkylation sites (tertiary alicyclic amines) is 1. The molecule has 0 aliphatic carbocycles. The van der Waals surface area contributed by atoms with Gasteiger partial charge < -0.3 is 14.8 Å². The summed E-state index contributed by atoms with van der Waals surface area (Å²) in [6, 6.07) is 0. The number of nitrogens with one attached hydrogen (secondary N) is 1. The van der Waals surface area contributed by atoms with Gasteiger partial charge in [-0.3, -0.25) is 9.69 Å². The first kappa shape index (κ1) is 17.4. The van der Waals surface area contributed by atoms with Crippen molar-refractivity contribution in [3.8, 4) is 0 Å². The topological polar surface area (TPSA) is 50.8 Å². The summed E-state index contributed by atoms with van der Waals surface area (Å²) >= 11 is 0. The van der Waals surface area contributed by atoms with Gasteiger partial charge in [-0.15, -0.1) is 0 Å². The van der Waals surface area contributed by atoms with Gasteiger partial charge in [0.25, 0.3) is 0 Å². The maximum absolute atomic E-state index is 11.4. The van der Waals surface area contributed by atoms with Gasteiger partial charge in [0.1, 0.15) is 6.61 Å². The van der Waals surface area contributed by atoms with Crippen LogP contribution < -0.4 is 5.32 Å². The van der Waals surface area contributed by atoms with Crippen molar-refractivity contribution in [2.45, 2.75) is 51.2 Å². The second-order valence-electron chi connectivity index (χ2n) is 6.61. The van der Waals surface area contributed by atoms with Gasteiger partial charge in [-0.25, -0.2) is 0 Å². The van der Waals surface area contributed by atoms with E-state index in [1.54, 1.807) is 0 Å². The lowest BCUT2D eigenvalue weighted by Gasteiger charge is -2.39.